The first-order valence-corrected chi connectivity index (χ1v) is 10.3. The average Bonchev–Trinajstić information content (AvgIpc) is 3.23. The Morgan fingerprint density at radius 3 is 2.74 bits per heavy atom. The summed E-state index contributed by atoms with van der Waals surface area (Å²) < 4.78 is 30.5. The Bertz CT molecular complexity index is 641. The number of hydrogen-bond donors (Lipinski definition) is 1. The second-order valence-electron chi connectivity index (χ2n) is 6.84. The summed E-state index contributed by atoms with van der Waals surface area (Å²) in [6.07, 6.45) is 5.34. The van der Waals surface area contributed by atoms with Crippen molar-refractivity contribution in [3.8, 4) is 0 Å². The van der Waals surface area contributed by atoms with Crippen LogP contribution in [0.4, 0.5) is 0 Å². The minimum absolute atomic E-state index is 0.0150. The van der Waals surface area contributed by atoms with Gasteiger partial charge >= 0.3 is 0 Å². The molecule has 0 unspecified atom stereocenters. The van der Waals surface area contributed by atoms with Crippen molar-refractivity contribution in [3.05, 3.63) is 11.7 Å². The van der Waals surface area contributed by atoms with Crippen molar-refractivity contribution in [3.63, 3.8) is 0 Å². The zero-order valence-corrected chi connectivity index (χ0v) is 14.8. The number of nitrogens with one attached hydrogen (secondary N) is 1. The van der Waals surface area contributed by atoms with Crippen LogP contribution in [0.2, 0.25) is 0 Å². The lowest BCUT2D eigenvalue weighted by Crippen LogP contribution is -2.51. The van der Waals surface area contributed by atoms with Gasteiger partial charge in [0.1, 0.15) is 0 Å². The molecule has 1 aliphatic heterocycles. The predicted octanol–water partition coefficient (Wildman–Crippen LogP) is 1.66. The van der Waals surface area contributed by atoms with E-state index in [9.17, 15) is 8.42 Å². The molecule has 1 saturated carbocycles. The quantitative estimate of drug-likeness (QED) is 0.846. The normalized spacial score (nSPS) is 28.0. The van der Waals surface area contributed by atoms with Crippen LogP contribution in [0, 0.1) is 5.92 Å². The molecule has 1 aliphatic carbocycles. The number of sulfonamides is 1. The van der Waals surface area contributed by atoms with E-state index in [4.69, 9.17) is 4.52 Å². The molecule has 23 heavy (non-hydrogen) atoms. The molecule has 0 aromatic carbocycles. The summed E-state index contributed by atoms with van der Waals surface area (Å²) in [5.41, 5.74) is 0. The lowest BCUT2D eigenvalue weighted by molar-refractivity contribution is 0.185. The summed E-state index contributed by atoms with van der Waals surface area (Å²) in [6, 6.07) is 0.253. The van der Waals surface area contributed by atoms with Crippen molar-refractivity contribution in [1.29, 1.82) is 0 Å². The molecule has 0 radical (unpaired) electrons. The van der Waals surface area contributed by atoms with Crippen molar-refractivity contribution in [2.75, 3.05) is 19.3 Å². The summed E-state index contributed by atoms with van der Waals surface area (Å²) in [4.78, 5) is 4.50. The maximum absolute atomic E-state index is 11.7. The Kier molecular flexibility index (Phi) is 4.75. The molecule has 1 N–H and O–H groups in total. The minimum Gasteiger partial charge on any atom is -0.338 e. The third-order valence-corrected chi connectivity index (χ3v) is 6.19. The molecule has 130 valence electrons. The molecule has 0 amide bonds. The van der Waals surface area contributed by atoms with Crippen molar-refractivity contribution < 1.29 is 12.9 Å². The lowest BCUT2D eigenvalue weighted by Gasteiger charge is -2.38. The predicted molar refractivity (Wildman–Crippen MR) is 86.4 cm³/mol. The SMILES string of the molecule is CC[C@@H]1CN(S(C)(=O)=O)CC[C@@H]1N[C@H](C)c1nc(C2CC2)no1. The second-order valence-corrected chi connectivity index (χ2v) is 8.82. The molecule has 0 spiro atoms. The van der Waals surface area contributed by atoms with Gasteiger partial charge in [0, 0.05) is 25.0 Å². The fourth-order valence-electron chi connectivity index (χ4n) is 3.26. The summed E-state index contributed by atoms with van der Waals surface area (Å²) in [5.74, 6) is 2.24. The van der Waals surface area contributed by atoms with Crippen LogP contribution in [0.25, 0.3) is 0 Å². The molecule has 2 aliphatic rings. The molecule has 1 aromatic heterocycles. The van der Waals surface area contributed by atoms with Gasteiger partial charge in [0.15, 0.2) is 5.82 Å². The molecule has 3 rings (SSSR count). The van der Waals surface area contributed by atoms with Crippen LogP contribution in [0.15, 0.2) is 4.52 Å². The van der Waals surface area contributed by atoms with E-state index in [1.165, 1.54) is 6.26 Å². The van der Waals surface area contributed by atoms with Crippen LogP contribution >= 0.6 is 0 Å². The van der Waals surface area contributed by atoms with Gasteiger partial charge in [-0.05, 0) is 32.1 Å². The number of nitrogens with zero attached hydrogens (tertiary/aromatic N) is 3. The number of piperidine rings is 1. The van der Waals surface area contributed by atoms with Crippen LogP contribution in [0.3, 0.4) is 0 Å². The highest BCUT2D eigenvalue weighted by Crippen LogP contribution is 2.38. The monoisotopic (exact) mass is 342 g/mol. The highest BCUT2D eigenvalue weighted by atomic mass is 32.2. The highest BCUT2D eigenvalue weighted by molar-refractivity contribution is 7.88. The Morgan fingerprint density at radius 1 is 1.39 bits per heavy atom. The summed E-state index contributed by atoms with van der Waals surface area (Å²) in [5, 5.41) is 7.63. The zero-order chi connectivity index (χ0) is 16.6. The number of aromatic nitrogens is 2. The second kappa shape index (κ2) is 6.49. The van der Waals surface area contributed by atoms with Gasteiger partial charge in [-0.3, -0.25) is 0 Å². The fourth-order valence-corrected chi connectivity index (χ4v) is 4.16. The molecule has 0 bridgehead atoms. The molecule has 1 aromatic rings. The molecule has 8 heteroatoms. The molecule has 1 saturated heterocycles. The van der Waals surface area contributed by atoms with Crippen molar-refractivity contribution in [1.82, 2.24) is 19.8 Å². The molecular weight excluding hydrogens is 316 g/mol. The van der Waals surface area contributed by atoms with E-state index in [2.05, 4.69) is 22.4 Å². The Balaban J connectivity index is 1.61. The Labute approximate surface area is 137 Å². The summed E-state index contributed by atoms with van der Waals surface area (Å²) >= 11 is 0. The van der Waals surface area contributed by atoms with E-state index < -0.39 is 10.0 Å². The van der Waals surface area contributed by atoms with Gasteiger partial charge in [-0.25, -0.2) is 12.7 Å². The summed E-state index contributed by atoms with van der Waals surface area (Å²) in [7, 11) is -3.11. The van der Waals surface area contributed by atoms with E-state index >= 15 is 0 Å². The minimum atomic E-state index is -3.11. The average molecular weight is 342 g/mol. The Hall–Kier alpha value is -0.990. The zero-order valence-electron chi connectivity index (χ0n) is 14.0. The van der Waals surface area contributed by atoms with Crippen LogP contribution in [0.1, 0.15) is 63.2 Å². The van der Waals surface area contributed by atoms with Gasteiger partial charge in [0.2, 0.25) is 15.9 Å². The molecule has 2 fully saturated rings. The van der Waals surface area contributed by atoms with Crippen LogP contribution in [-0.4, -0.2) is 48.3 Å². The van der Waals surface area contributed by atoms with Crippen molar-refractivity contribution >= 4 is 10.0 Å². The maximum Gasteiger partial charge on any atom is 0.243 e. The van der Waals surface area contributed by atoms with E-state index in [0.717, 1.165) is 31.5 Å². The number of rotatable bonds is 6. The lowest BCUT2D eigenvalue weighted by atomic mass is 9.90. The number of hydrogen-bond acceptors (Lipinski definition) is 6. The van der Waals surface area contributed by atoms with E-state index in [-0.39, 0.29) is 12.1 Å². The van der Waals surface area contributed by atoms with Crippen LogP contribution in [0.5, 0.6) is 0 Å². The Morgan fingerprint density at radius 2 is 2.13 bits per heavy atom. The standard InChI is InChI=1S/C15H26N4O3S/c1-4-11-9-19(23(3,20)21)8-7-13(11)16-10(2)15-17-14(18-22-15)12-5-6-12/h10-13,16H,4-9H2,1-3H3/t10-,11-,13+/m1/s1. The third kappa shape index (κ3) is 3.92. The van der Waals surface area contributed by atoms with Gasteiger partial charge < -0.3 is 9.84 Å². The van der Waals surface area contributed by atoms with Gasteiger partial charge in [-0.1, -0.05) is 18.5 Å². The van der Waals surface area contributed by atoms with Crippen LogP contribution < -0.4 is 5.32 Å². The van der Waals surface area contributed by atoms with Gasteiger partial charge in [-0.15, -0.1) is 0 Å². The first kappa shape index (κ1) is 16.9. The van der Waals surface area contributed by atoms with E-state index in [0.29, 0.717) is 30.8 Å². The highest BCUT2D eigenvalue weighted by Gasteiger charge is 2.34. The fraction of sp³-hybridized carbons (Fsp3) is 0.867. The van der Waals surface area contributed by atoms with Crippen LogP contribution in [-0.2, 0) is 10.0 Å². The smallest absolute Gasteiger partial charge is 0.243 e. The van der Waals surface area contributed by atoms with Crippen molar-refractivity contribution in [2.45, 2.75) is 57.5 Å². The first-order chi connectivity index (χ1) is 10.9. The van der Waals surface area contributed by atoms with Gasteiger partial charge in [-0.2, -0.15) is 4.98 Å². The van der Waals surface area contributed by atoms with Crippen molar-refractivity contribution in [2.24, 2.45) is 5.92 Å². The first-order valence-electron chi connectivity index (χ1n) is 8.43. The molecular formula is C15H26N4O3S. The van der Waals surface area contributed by atoms with E-state index in [1.807, 2.05) is 6.92 Å². The molecule has 2 heterocycles. The largest absolute Gasteiger partial charge is 0.338 e. The van der Waals surface area contributed by atoms with E-state index in [1.54, 1.807) is 4.31 Å². The summed E-state index contributed by atoms with van der Waals surface area (Å²) in [6.45, 7) is 5.28. The topological polar surface area (TPSA) is 88.3 Å². The molecule has 7 nitrogen and oxygen atoms in total. The third-order valence-electron chi connectivity index (χ3n) is 4.92. The van der Waals surface area contributed by atoms with Gasteiger partial charge in [0.05, 0.1) is 12.3 Å². The molecule has 3 atom stereocenters. The maximum atomic E-state index is 11.7. The van der Waals surface area contributed by atoms with Gasteiger partial charge in [0.25, 0.3) is 0 Å².